The number of carbonyl (C=O) groups is 2. The van der Waals surface area contributed by atoms with Crippen LogP contribution in [0.25, 0.3) is 10.6 Å². The first kappa shape index (κ1) is 17.3. The van der Waals surface area contributed by atoms with E-state index in [0.717, 1.165) is 5.56 Å². The molecule has 0 bridgehead atoms. The molecule has 6 heteroatoms. The first-order valence-electron chi connectivity index (χ1n) is 7.31. The Kier molecular flexibility index (Phi) is 5.60. The Morgan fingerprint density at radius 3 is 2.48 bits per heavy atom. The van der Waals surface area contributed by atoms with Crippen molar-refractivity contribution in [3.8, 4) is 10.6 Å². The molecule has 2 aromatic rings. The second kappa shape index (κ2) is 7.46. The molecule has 4 nitrogen and oxygen atoms in total. The maximum Gasteiger partial charge on any atom is 0.307 e. The van der Waals surface area contributed by atoms with Gasteiger partial charge in [-0.05, 0) is 30.2 Å². The van der Waals surface area contributed by atoms with Crippen LogP contribution < -0.4 is 0 Å². The summed E-state index contributed by atoms with van der Waals surface area (Å²) in [6.07, 6.45) is 0.130. The summed E-state index contributed by atoms with van der Waals surface area (Å²) in [7, 11) is 0. The summed E-state index contributed by atoms with van der Waals surface area (Å²) in [6.45, 7) is 3.59. The SMILES string of the molecule is CC(C)[C@H](CC(=O)Cc1csc(-c2ccc(F)cc2)n1)C(=O)O. The molecule has 23 heavy (non-hydrogen) atoms. The molecule has 0 aliphatic rings. The monoisotopic (exact) mass is 335 g/mol. The Balaban J connectivity index is 2.02. The van der Waals surface area contributed by atoms with Crippen molar-refractivity contribution < 1.29 is 19.1 Å². The summed E-state index contributed by atoms with van der Waals surface area (Å²) in [6, 6.07) is 6.00. The number of carboxylic acids is 1. The van der Waals surface area contributed by atoms with E-state index in [2.05, 4.69) is 4.98 Å². The van der Waals surface area contributed by atoms with Crippen molar-refractivity contribution in [2.45, 2.75) is 26.7 Å². The number of thiazole rings is 1. The lowest BCUT2D eigenvalue weighted by Crippen LogP contribution is -2.23. The normalized spacial score (nSPS) is 12.3. The molecule has 122 valence electrons. The number of aliphatic carboxylic acids is 1. The van der Waals surface area contributed by atoms with E-state index < -0.39 is 11.9 Å². The molecule has 0 amide bonds. The third-order valence-corrected chi connectivity index (χ3v) is 4.53. The molecule has 0 saturated carbocycles. The third kappa shape index (κ3) is 4.69. The Morgan fingerprint density at radius 1 is 1.26 bits per heavy atom. The summed E-state index contributed by atoms with van der Waals surface area (Å²) >= 11 is 1.38. The van der Waals surface area contributed by atoms with Crippen molar-refractivity contribution >= 4 is 23.1 Å². The Morgan fingerprint density at radius 2 is 1.91 bits per heavy atom. The topological polar surface area (TPSA) is 67.3 Å². The van der Waals surface area contributed by atoms with Gasteiger partial charge in [0, 0.05) is 23.8 Å². The van der Waals surface area contributed by atoms with Crippen LogP contribution in [0, 0.1) is 17.7 Å². The summed E-state index contributed by atoms with van der Waals surface area (Å²) in [5, 5.41) is 11.6. The van der Waals surface area contributed by atoms with Gasteiger partial charge in [-0.15, -0.1) is 11.3 Å². The Bertz CT molecular complexity index is 694. The number of rotatable bonds is 7. The van der Waals surface area contributed by atoms with Crippen LogP contribution >= 0.6 is 11.3 Å². The number of aromatic nitrogens is 1. The predicted octanol–water partition coefficient (Wildman–Crippen LogP) is 3.81. The molecule has 1 heterocycles. The number of carbonyl (C=O) groups excluding carboxylic acids is 1. The highest BCUT2D eigenvalue weighted by atomic mass is 32.1. The second-order valence-electron chi connectivity index (χ2n) is 5.76. The summed E-state index contributed by atoms with van der Waals surface area (Å²) < 4.78 is 12.9. The number of Topliss-reactive ketones (excluding diaryl/α,β-unsaturated/α-hetero) is 1. The van der Waals surface area contributed by atoms with Gasteiger partial charge in [-0.25, -0.2) is 9.37 Å². The van der Waals surface area contributed by atoms with Gasteiger partial charge in [0.25, 0.3) is 0 Å². The van der Waals surface area contributed by atoms with Crippen molar-refractivity contribution in [3.05, 3.63) is 41.2 Å². The van der Waals surface area contributed by atoms with Gasteiger partial charge in [-0.3, -0.25) is 9.59 Å². The molecule has 0 saturated heterocycles. The molecule has 1 aromatic heterocycles. The lowest BCUT2D eigenvalue weighted by atomic mass is 9.90. The zero-order valence-corrected chi connectivity index (χ0v) is 13.8. The summed E-state index contributed by atoms with van der Waals surface area (Å²) in [5.41, 5.74) is 1.41. The molecule has 1 aromatic carbocycles. The molecular formula is C17H18FNO3S. The van der Waals surface area contributed by atoms with Crippen molar-refractivity contribution in [1.82, 2.24) is 4.98 Å². The molecule has 0 spiro atoms. The van der Waals surface area contributed by atoms with Crippen LogP contribution in [0.3, 0.4) is 0 Å². The van der Waals surface area contributed by atoms with Crippen LogP contribution in [0.2, 0.25) is 0 Å². The number of ketones is 1. The van der Waals surface area contributed by atoms with Crippen LogP contribution in [0.1, 0.15) is 26.0 Å². The quantitative estimate of drug-likeness (QED) is 0.835. The minimum Gasteiger partial charge on any atom is -0.481 e. The molecule has 0 aliphatic heterocycles. The van der Waals surface area contributed by atoms with E-state index in [9.17, 15) is 14.0 Å². The van der Waals surface area contributed by atoms with E-state index in [4.69, 9.17) is 5.11 Å². The van der Waals surface area contributed by atoms with Crippen LogP contribution in [0.15, 0.2) is 29.6 Å². The number of nitrogens with zero attached hydrogens (tertiary/aromatic N) is 1. The fourth-order valence-corrected chi connectivity index (χ4v) is 3.07. The zero-order chi connectivity index (χ0) is 17.0. The highest BCUT2D eigenvalue weighted by Gasteiger charge is 2.24. The van der Waals surface area contributed by atoms with E-state index in [1.165, 1.54) is 23.5 Å². The zero-order valence-electron chi connectivity index (χ0n) is 13.0. The highest BCUT2D eigenvalue weighted by molar-refractivity contribution is 7.13. The molecule has 1 N–H and O–H groups in total. The van der Waals surface area contributed by atoms with Crippen molar-refractivity contribution in [1.29, 1.82) is 0 Å². The van der Waals surface area contributed by atoms with Gasteiger partial charge in [0.2, 0.25) is 0 Å². The Hall–Kier alpha value is -2.08. The van der Waals surface area contributed by atoms with Crippen molar-refractivity contribution in [2.75, 3.05) is 0 Å². The van der Waals surface area contributed by atoms with E-state index in [1.807, 2.05) is 0 Å². The molecule has 0 unspecified atom stereocenters. The smallest absolute Gasteiger partial charge is 0.307 e. The Labute approximate surface area is 138 Å². The van der Waals surface area contributed by atoms with Crippen LogP contribution in [-0.2, 0) is 16.0 Å². The minimum absolute atomic E-state index is 0.0103. The predicted molar refractivity (Wildman–Crippen MR) is 86.8 cm³/mol. The van der Waals surface area contributed by atoms with Gasteiger partial charge in [0.1, 0.15) is 16.6 Å². The van der Waals surface area contributed by atoms with E-state index >= 15 is 0 Å². The molecule has 0 aliphatic carbocycles. The maximum absolute atomic E-state index is 12.9. The molecule has 1 atom stereocenters. The largest absolute Gasteiger partial charge is 0.481 e. The lowest BCUT2D eigenvalue weighted by Gasteiger charge is -2.14. The minimum atomic E-state index is -0.946. The fraction of sp³-hybridized carbons (Fsp3) is 0.353. The number of carboxylic acid groups (broad SMARTS) is 1. The maximum atomic E-state index is 12.9. The highest BCUT2D eigenvalue weighted by Crippen LogP contribution is 2.25. The van der Waals surface area contributed by atoms with Gasteiger partial charge in [0.05, 0.1) is 11.6 Å². The molecular weight excluding hydrogens is 317 g/mol. The van der Waals surface area contributed by atoms with Crippen LogP contribution in [0.4, 0.5) is 4.39 Å². The van der Waals surface area contributed by atoms with Crippen LogP contribution in [-0.4, -0.2) is 21.8 Å². The van der Waals surface area contributed by atoms with E-state index in [-0.39, 0.29) is 30.4 Å². The lowest BCUT2D eigenvalue weighted by molar-refractivity contribution is -0.145. The fourth-order valence-electron chi connectivity index (χ4n) is 2.24. The van der Waals surface area contributed by atoms with Gasteiger partial charge in [-0.1, -0.05) is 13.8 Å². The van der Waals surface area contributed by atoms with E-state index in [0.29, 0.717) is 10.7 Å². The molecule has 0 radical (unpaired) electrons. The van der Waals surface area contributed by atoms with Crippen LogP contribution in [0.5, 0.6) is 0 Å². The average Bonchev–Trinajstić information content (AvgIpc) is 2.93. The average molecular weight is 335 g/mol. The van der Waals surface area contributed by atoms with E-state index in [1.54, 1.807) is 31.4 Å². The van der Waals surface area contributed by atoms with Crippen molar-refractivity contribution in [2.24, 2.45) is 11.8 Å². The molecule has 0 fully saturated rings. The number of benzene rings is 1. The second-order valence-corrected chi connectivity index (χ2v) is 6.62. The number of hydrogen-bond donors (Lipinski definition) is 1. The summed E-state index contributed by atoms with van der Waals surface area (Å²) in [5.74, 6) is -2.16. The summed E-state index contributed by atoms with van der Waals surface area (Å²) in [4.78, 5) is 27.6. The van der Waals surface area contributed by atoms with Gasteiger partial charge >= 0.3 is 5.97 Å². The first-order chi connectivity index (χ1) is 10.9. The van der Waals surface area contributed by atoms with Gasteiger partial charge in [-0.2, -0.15) is 0 Å². The first-order valence-corrected chi connectivity index (χ1v) is 8.19. The number of halogens is 1. The third-order valence-electron chi connectivity index (χ3n) is 3.59. The number of hydrogen-bond acceptors (Lipinski definition) is 4. The van der Waals surface area contributed by atoms with Gasteiger partial charge in [0.15, 0.2) is 0 Å². The standard InChI is InChI=1S/C17H18FNO3S/c1-10(2)15(17(21)22)8-14(20)7-13-9-23-16(19-13)11-3-5-12(18)6-4-11/h3-6,9-10,15H,7-8H2,1-2H3,(H,21,22)/t15-/m0/s1. The van der Waals surface area contributed by atoms with Crippen molar-refractivity contribution in [3.63, 3.8) is 0 Å². The van der Waals surface area contributed by atoms with Gasteiger partial charge < -0.3 is 5.11 Å². The molecule has 2 rings (SSSR count).